The van der Waals surface area contributed by atoms with Gasteiger partial charge in [-0.2, -0.15) is 0 Å². The molecular weight excluding hydrogens is 412 g/mol. The first-order chi connectivity index (χ1) is 15.1. The third-order valence-electron chi connectivity index (χ3n) is 4.52. The summed E-state index contributed by atoms with van der Waals surface area (Å²) in [5.74, 6) is 1.97. The van der Waals surface area contributed by atoms with Crippen LogP contribution in [-0.4, -0.2) is 31.2 Å². The number of thiazole rings is 1. The summed E-state index contributed by atoms with van der Waals surface area (Å²) in [6, 6.07) is 13.2. The zero-order valence-corrected chi connectivity index (χ0v) is 19.0. The maximum atomic E-state index is 12.7. The lowest BCUT2D eigenvalue weighted by Crippen LogP contribution is -2.15. The highest BCUT2D eigenvalue weighted by Gasteiger charge is 2.13. The molecule has 2 aromatic carbocycles. The van der Waals surface area contributed by atoms with Crippen LogP contribution in [0.2, 0.25) is 0 Å². The first-order valence-corrected chi connectivity index (χ1v) is 11.3. The van der Waals surface area contributed by atoms with E-state index in [4.69, 9.17) is 14.2 Å². The second kappa shape index (κ2) is 11.4. The first-order valence-electron chi connectivity index (χ1n) is 10.4. The molecule has 164 valence electrons. The van der Waals surface area contributed by atoms with Crippen molar-refractivity contribution in [2.24, 2.45) is 0 Å². The molecule has 0 aliphatic rings. The molecule has 1 aromatic heterocycles. The van der Waals surface area contributed by atoms with Crippen LogP contribution in [0, 0.1) is 0 Å². The van der Waals surface area contributed by atoms with Crippen LogP contribution in [0.25, 0.3) is 10.6 Å². The van der Waals surface area contributed by atoms with Gasteiger partial charge in [-0.25, -0.2) is 4.98 Å². The Labute approximate surface area is 187 Å². The van der Waals surface area contributed by atoms with Crippen molar-refractivity contribution >= 4 is 22.9 Å². The lowest BCUT2D eigenvalue weighted by atomic mass is 10.2. The lowest BCUT2D eigenvalue weighted by molar-refractivity contribution is -0.115. The van der Waals surface area contributed by atoms with E-state index < -0.39 is 0 Å². The van der Waals surface area contributed by atoms with Crippen LogP contribution >= 0.6 is 11.3 Å². The minimum Gasteiger partial charge on any atom is -0.497 e. The minimum atomic E-state index is -0.155. The molecule has 6 nitrogen and oxygen atoms in total. The van der Waals surface area contributed by atoms with Crippen molar-refractivity contribution in [2.75, 3.05) is 25.6 Å². The normalized spacial score (nSPS) is 10.5. The summed E-state index contributed by atoms with van der Waals surface area (Å²) in [4.78, 5) is 17.3. The number of benzene rings is 2. The number of aromatic nitrogens is 1. The van der Waals surface area contributed by atoms with Crippen molar-refractivity contribution in [1.82, 2.24) is 4.98 Å². The van der Waals surface area contributed by atoms with Crippen LogP contribution in [0.5, 0.6) is 17.2 Å². The fourth-order valence-electron chi connectivity index (χ4n) is 2.93. The summed E-state index contributed by atoms with van der Waals surface area (Å²) in [6.07, 6.45) is 2.17. The molecule has 0 aliphatic heterocycles. The Bertz CT molecular complexity index is 985. The van der Waals surface area contributed by atoms with Gasteiger partial charge in [0, 0.05) is 17.0 Å². The van der Waals surface area contributed by atoms with E-state index in [1.165, 1.54) is 11.3 Å². The average Bonchev–Trinajstić information content (AvgIpc) is 3.24. The smallest absolute Gasteiger partial charge is 0.230 e. The fraction of sp³-hybridized carbons (Fsp3) is 0.333. The Hall–Kier alpha value is -3.06. The van der Waals surface area contributed by atoms with Crippen molar-refractivity contribution in [3.8, 4) is 27.8 Å². The predicted octanol–water partition coefficient (Wildman–Crippen LogP) is 5.58. The first kappa shape index (κ1) is 22.6. The van der Waals surface area contributed by atoms with Crippen molar-refractivity contribution in [3.63, 3.8) is 0 Å². The van der Waals surface area contributed by atoms with Gasteiger partial charge in [-0.3, -0.25) is 4.79 Å². The molecule has 31 heavy (non-hydrogen) atoms. The monoisotopic (exact) mass is 440 g/mol. The van der Waals surface area contributed by atoms with Crippen molar-refractivity contribution in [1.29, 1.82) is 0 Å². The van der Waals surface area contributed by atoms with Gasteiger partial charge in [0.2, 0.25) is 5.91 Å². The predicted molar refractivity (Wildman–Crippen MR) is 124 cm³/mol. The quantitative estimate of drug-likeness (QED) is 0.394. The third-order valence-corrected chi connectivity index (χ3v) is 5.46. The molecule has 0 radical (unpaired) electrons. The number of rotatable bonds is 11. The summed E-state index contributed by atoms with van der Waals surface area (Å²) in [7, 11) is 1.59. The molecule has 0 bridgehead atoms. The number of amides is 1. The number of nitrogens with zero attached hydrogens (tertiary/aromatic N) is 1. The van der Waals surface area contributed by atoms with E-state index in [1.54, 1.807) is 13.2 Å². The van der Waals surface area contributed by atoms with E-state index in [2.05, 4.69) is 17.2 Å². The van der Waals surface area contributed by atoms with E-state index in [1.807, 2.05) is 48.7 Å². The zero-order chi connectivity index (χ0) is 22.1. The number of hydrogen-bond acceptors (Lipinski definition) is 6. The van der Waals surface area contributed by atoms with Gasteiger partial charge < -0.3 is 19.5 Å². The molecule has 0 saturated carbocycles. The van der Waals surface area contributed by atoms with Gasteiger partial charge in [-0.15, -0.1) is 11.3 Å². The van der Waals surface area contributed by atoms with Gasteiger partial charge >= 0.3 is 0 Å². The average molecular weight is 441 g/mol. The van der Waals surface area contributed by atoms with Crippen molar-refractivity contribution in [2.45, 2.75) is 33.1 Å². The number of ether oxygens (including phenoxy) is 3. The number of methoxy groups -OCH3 is 1. The highest BCUT2D eigenvalue weighted by atomic mass is 32.1. The summed E-state index contributed by atoms with van der Waals surface area (Å²) in [5, 5.41) is 5.72. The van der Waals surface area contributed by atoms with Gasteiger partial charge in [-0.05, 0) is 49.7 Å². The van der Waals surface area contributed by atoms with Gasteiger partial charge in [-0.1, -0.05) is 13.3 Å². The fourth-order valence-corrected chi connectivity index (χ4v) is 3.75. The number of unbranched alkanes of at least 4 members (excludes halogenated alkanes) is 1. The second-order valence-electron chi connectivity index (χ2n) is 6.89. The number of carbonyl (C=O) groups is 1. The summed E-state index contributed by atoms with van der Waals surface area (Å²) < 4.78 is 16.6. The van der Waals surface area contributed by atoms with Gasteiger partial charge in [0.05, 0.1) is 38.1 Å². The number of anilines is 1. The van der Waals surface area contributed by atoms with Crippen LogP contribution in [0.1, 0.15) is 32.4 Å². The Morgan fingerprint density at radius 2 is 1.84 bits per heavy atom. The molecule has 1 amide bonds. The molecule has 0 spiro atoms. The maximum Gasteiger partial charge on any atom is 0.230 e. The number of carbonyl (C=O) groups excluding carboxylic acids is 1. The molecule has 0 fully saturated rings. The van der Waals surface area contributed by atoms with Crippen LogP contribution in [0.15, 0.2) is 47.8 Å². The van der Waals surface area contributed by atoms with E-state index in [9.17, 15) is 4.79 Å². The summed E-state index contributed by atoms with van der Waals surface area (Å²) in [5.41, 5.74) is 2.32. The van der Waals surface area contributed by atoms with Crippen LogP contribution in [0.4, 0.5) is 5.69 Å². The largest absolute Gasteiger partial charge is 0.497 e. The zero-order valence-electron chi connectivity index (χ0n) is 18.1. The Kier molecular flexibility index (Phi) is 8.29. The Morgan fingerprint density at radius 1 is 1.06 bits per heavy atom. The topological polar surface area (TPSA) is 69.7 Å². The molecule has 7 heteroatoms. The maximum absolute atomic E-state index is 12.7. The van der Waals surface area contributed by atoms with Crippen LogP contribution in [0.3, 0.4) is 0 Å². The van der Waals surface area contributed by atoms with Gasteiger partial charge in [0.25, 0.3) is 0 Å². The molecule has 0 atom stereocenters. The molecule has 0 aliphatic carbocycles. The van der Waals surface area contributed by atoms with Gasteiger partial charge in [0.1, 0.15) is 22.3 Å². The van der Waals surface area contributed by atoms with Crippen molar-refractivity contribution < 1.29 is 19.0 Å². The third kappa shape index (κ3) is 6.46. The molecule has 3 rings (SSSR count). The van der Waals surface area contributed by atoms with Crippen LogP contribution < -0.4 is 19.5 Å². The number of hydrogen-bond donors (Lipinski definition) is 1. The van der Waals surface area contributed by atoms with Crippen LogP contribution in [-0.2, 0) is 11.2 Å². The Morgan fingerprint density at radius 3 is 2.55 bits per heavy atom. The lowest BCUT2D eigenvalue weighted by Gasteiger charge is -2.13. The van der Waals surface area contributed by atoms with Gasteiger partial charge in [0.15, 0.2) is 0 Å². The van der Waals surface area contributed by atoms with E-state index >= 15 is 0 Å². The molecule has 0 saturated heterocycles. The summed E-state index contributed by atoms with van der Waals surface area (Å²) in [6.45, 7) is 5.30. The van der Waals surface area contributed by atoms with E-state index in [0.717, 1.165) is 34.9 Å². The SMILES string of the molecule is CCCCOc1ccc(OC)cc1NC(=O)Cc1csc(-c2ccc(OCC)cc2)n1. The second-order valence-corrected chi connectivity index (χ2v) is 7.75. The standard InChI is InChI=1S/C24H28N2O4S/c1-4-6-13-30-22-12-11-20(28-3)15-21(22)26-23(27)14-18-16-31-24(25-18)17-7-9-19(10-8-17)29-5-2/h7-12,15-16H,4-6,13-14H2,1-3H3,(H,26,27). The number of nitrogens with one attached hydrogen (secondary N) is 1. The Balaban J connectivity index is 1.66. The van der Waals surface area contributed by atoms with Crippen molar-refractivity contribution in [3.05, 3.63) is 53.5 Å². The van der Waals surface area contributed by atoms with E-state index in [-0.39, 0.29) is 12.3 Å². The molecule has 1 heterocycles. The summed E-state index contributed by atoms with van der Waals surface area (Å²) >= 11 is 1.52. The molecule has 1 N–H and O–H groups in total. The minimum absolute atomic E-state index is 0.155. The van der Waals surface area contributed by atoms with E-state index in [0.29, 0.717) is 30.4 Å². The molecule has 3 aromatic rings. The highest BCUT2D eigenvalue weighted by Crippen LogP contribution is 2.30. The molecule has 0 unspecified atom stereocenters. The highest BCUT2D eigenvalue weighted by molar-refractivity contribution is 7.13. The molecular formula is C24H28N2O4S.